The number of carbonyl (C=O) groups excluding carboxylic acids is 1. The molecule has 0 saturated heterocycles. The van der Waals surface area contributed by atoms with Gasteiger partial charge in [0.15, 0.2) is 0 Å². The lowest BCUT2D eigenvalue weighted by Gasteiger charge is -2.13. The molecule has 0 fully saturated rings. The minimum absolute atomic E-state index is 0.0587. The molecule has 0 aliphatic heterocycles. The highest BCUT2D eigenvalue weighted by molar-refractivity contribution is 7.13. The van der Waals surface area contributed by atoms with E-state index in [9.17, 15) is 4.79 Å². The van der Waals surface area contributed by atoms with Gasteiger partial charge in [-0.15, -0.1) is 11.3 Å². The zero-order chi connectivity index (χ0) is 13.8. The standard InChI is InChI=1S/C13H18N4OS/c1-4-7-17-12(14-8-15-17)10(3)16-13(18)11-6-5-9(2)19-11/h5-6,8,10H,4,7H2,1-3H3,(H,16,18)/t10-/m0/s1. The zero-order valence-corrected chi connectivity index (χ0v) is 12.2. The highest BCUT2D eigenvalue weighted by Crippen LogP contribution is 2.17. The minimum atomic E-state index is -0.149. The van der Waals surface area contributed by atoms with Gasteiger partial charge < -0.3 is 5.32 Å². The summed E-state index contributed by atoms with van der Waals surface area (Å²) >= 11 is 1.49. The third-order valence-corrected chi connectivity index (χ3v) is 3.78. The summed E-state index contributed by atoms with van der Waals surface area (Å²) in [5, 5.41) is 7.13. The van der Waals surface area contributed by atoms with E-state index in [1.165, 1.54) is 17.7 Å². The predicted octanol–water partition coefficient (Wildman–Crippen LogP) is 2.55. The SMILES string of the molecule is CCCn1ncnc1[C@H](C)NC(=O)c1ccc(C)s1. The lowest BCUT2D eigenvalue weighted by atomic mass is 10.3. The van der Waals surface area contributed by atoms with Crippen LogP contribution in [0.25, 0.3) is 0 Å². The average molecular weight is 278 g/mol. The van der Waals surface area contributed by atoms with E-state index in [-0.39, 0.29) is 11.9 Å². The maximum Gasteiger partial charge on any atom is 0.261 e. The number of rotatable bonds is 5. The Balaban J connectivity index is 2.06. The number of carbonyl (C=O) groups is 1. The summed E-state index contributed by atoms with van der Waals surface area (Å²) < 4.78 is 1.84. The third kappa shape index (κ3) is 3.20. The van der Waals surface area contributed by atoms with E-state index in [0.717, 1.165) is 28.5 Å². The fraction of sp³-hybridized carbons (Fsp3) is 0.462. The summed E-state index contributed by atoms with van der Waals surface area (Å²) in [6.07, 6.45) is 2.52. The van der Waals surface area contributed by atoms with Gasteiger partial charge >= 0.3 is 0 Å². The maximum absolute atomic E-state index is 12.1. The number of hydrogen-bond acceptors (Lipinski definition) is 4. The molecule has 1 atom stereocenters. The van der Waals surface area contributed by atoms with Crippen LogP contribution in [-0.4, -0.2) is 20.7 Å². The highest BCUT2D eigenvalue weighted by Gasteiger charge is 2.17. The van der Waals surface area contributed by atoms with Crippen molar-refractivity contribution in [2.45, 2.75) is 39.8 Å². The van der Waals surface area contributed by atoms with Crippen molar-refractivity contribution in [3.05, 3.63) is 34.0 Å². The van der Waals surface area contributed by atoms with Crippen LogP contribution in [0.3, 0.4) is 0 Å². The minimum Gasteiger partial charge on any atom is -0.342 e. The van der Waals surface area contributed by atoms with E-state index in [4.69, 9.17) is 0 Å². The van der Waals surface area contributed by atoms with Crippen LogP contribution in [0.2, 0.25) is 0 Å². The second kappa shape index (κ2) is 5.97. The Morgan fingerprint density at radius 2 is 2.32 bits per heavy atom. The van der Waals surface area contributed by atoms with Crippen molar-refractivity contribution in [1.29, 1.82) is 0 Å². The second-order valence-corrected chi connectivity index (χ2v) is 5.73. The van der Waals surface area contributed by atoms with Crippen LogP contribution >= 0.6 is 11.3 Å². The molecule has 2 heterocycles. The zero-order valence-electron chi connectivity index (χ0n) is 11.4. The van der Waals surface area contributed by atoms with Gasteiger partial charge in [0.1, 0.15) is 12.2 Å². The largest absolute Gasteiger partial charge is 0.342 e. The normalized spacial score (nSPS) is 12.4. The summed E-state index contributed by atoms with van der Waals surface area (Å²) in [6, 6.07) is 3.65. The number of aromatic nitrogens is 3. The number of nitrogens with one attached hydrogen (secondary N) is 1. The van der Waals surface area contributed by atoms with Gasteiger partial charge in [0, 0.05) is 11.4 Å². The van der Waals surface area contributed by atoms with Crippen molar-refractivity contribution in [3.8, 4) is 0 Å². The Hall–Kier alpha value is -1.69. The first kappa shape index (κ1) is 13.7. The number of aryl methyl sites for hydroxylation is 2. The lowest BCUT2D eigenvalue weighted by molar-refractivity contribution is 0.0941. The average Bonchev–Trinajstić information content (AvgIpc) is 2.98. The van der Waals surface area contributed by atoms with Crippen molar-refractivity contribution in [1.82, 2.24) is 20.1 Å². The van der Waals surface area contributed by atoms with Gasteiger partial charge in [0.2, 0.25) is 0 Å². The molecule has 0 aliphatic rings. The summed E-state index contributed by atoms with van der Waals surface area (Å²) in [7, 11) is 0. The van der Waals surface area contributed by atoms with Gasteiger partial charge in [0.05, 0.1) is 10.9 Å². The molecule has 19 heavy (non-hydrogen) atoms. The summed E-state index contributed by atoms with van der Waals surface area (Å²) in [6.45, 7) is 6.81. The quantitative estimate of drug-likeness (QED) is 0.914. The lowest BCUT2D eigenvalue weighted by Crippen LogP contribution is -2.28. The van der Waals surface area contributed by atoms with Crippen molar-refractivity contribution in [3.63, 3.8) is 0 Å². The topological polar surface area (TPSA) is 59.8 Å². The Morgan fingerprint density at radius 1 is 1.53 bits per heavy atom. The van der Waals surface area contributed by atoms with Gasteiger partial charge in [-0.05, 0) is 32.4 Å². The monoisotopic (exact) mass is 278 g/mol. The van der Waals surface area contributed by atoms with Crippen LogP contribution in [-0.2, 0) is 6.54 Å². The van der Waals surface area contributed by atoms with E-state index in [1.807, 2.05) is 30.7 Å². The van der Waals surface area contributed by atoms with Gasteiger partial charge in [-0.1, -0.05) is 6.92 Å². The van der Waals surface area contributed by atoms with Crippen molar-refractivity contribution >= 4 is 17.2 Å². The van der Waals surface area contributed by atoms with E-state index >= 15 is 0 Å². The number of thiophene rings is 1. The summed E-state index contributed by atoms with van der Waals surface area (Å²) in [5.41, 5.74) is 0. The molecular weight excluding hydrogens is 260 g/mol. The van der Waals surface area contributed by atoms with Crippen molar-refractivity contribution < 1.29 is 4.79 Å². The molecule has 1 amide bonds. The van der Waals surface area contributed by atoms with E-state index < -0.39 is 0 Å². The van der Waals surface area contributed by atoms with E-state index in [1.54, 1.807) is 0 Å². The fourth-order valence-corrected chi connectivity index (χ4v) is 2.65. The Kier molecular flexibility index (Phi) is 4.31. The van der Waals surface area contributed by atoms with Gasteiger partial charge in [-0.25, -0.2) is 9.67 Å². The molecule has 6 heteroatoms. The molecule has 0 bridgehead atoms. The molecule has 0 aromatic carbocycles. The molecule has 0 spiro atoms. The molecular formula is C13H18N4OS. The van der Waals surface area contributed by atoms with E-state index in [2.05, 4.69) is 22.3 Å². The van der Waals surface area contributed by atoms with Crippen LogP contribution < -0.4 is 5.32 Å². The smallest absolute Gasteiger partial charge is 0.261 e. The molecule has 5 nitrogen and oxygen atoms in total. The summed E-state index contributed by atoms with van der Waals surface area (Å²) in [5.74, 6) is 0.736. The fourth-order valence-electron chi connectivity index (χ4n) is 1.88. The molecule has 0 radical (unpaired) electrons. The van der Waals surface area contributed by atoms with Crippen LogP contribution in [0.15, 0.2) is 18.5 Å². The second-order valence-electron chi connectivity index (χ2n) is 4.45. The van der Waals surface area contributed by atoms with Crippen LogP contribution in [0.1, 0.15) is 46.7 Å². The highest BCUT2D eigenvalue weighted by atomic mass is 32.1. The molecule has 0 unspecified atom stereocenters. The maximum atomic E-state index is 12.1. The van der Waals surface area contributed by atoms with Gasteiger partial charge in [-0.2, -0.15) is 5.10 Å². The Bertz CT molecular complexity index is 560. The van der Waals surface area contributed by atoms with E-state index in [0.29, 0.717) is 0 Å². The van der Waals surface area contributed by atoms with Crippen LogP contribution in [0.5, 0.6) is 0 Å². The third-order valence-electron chi connectivity index (χ3n) is 2.78. The molecule has 0 aliphatic carbocycles. The van der Waals surface area contributed by atoms with Crippen LogP contribution in [0, 0.1) is 6.92 Å². The number of nitrogens with zero attached hydrogens (tertiary/aromatic N) is 3. The number of amides is 1. The molecule has 0 saturated carbocycles. The molecule has 2 aromatic heterocycles. The molecule has 2 rings (SSSR count). The summed E-state index contributed by atoms with van der Waals surface area (Å²) in [4.78, 5) is 18.2. The Morgan fingerprint density at radius 3 is 2.95 bits per heavy atom. The predicted molar refractivity (Wildman–Crippen MR) is 75.3 cm³/mol. The number of hydrogen-bond donors (Lipinski definition) is 1. The van der Waals surface area contributed by atoms with Gasteiger partial charge in [0.25, 0.3) is 5.91 Å². The van der Waals surface area contributed by atoms with Crippen molar-refractivity contribution in [2.24, 2.45) is 0 Å². The Labute approximate surface area is 116 Å². The first-order valence-corrected chi connectivity index (χ1v) is 7.18. The molecule has 102 valence electrons. The molecule has 1 N–H and O–H groups in total. The first-order valence-electron chi connectivity index (χ1n) is 6.36. The van der Waals surface area contributed by atoms with Crippen LogP contribution in [0.4, 0.5) is 0 Å². The molecule has 2 aromatic rings. The first-order chi connectivity index (χ1) is 9.11. The van der Waals surface area contributed by atoms with Gasteiger partial charge in [-0.3, -0.25) is 4.79 Å². The van der Waals surface area contributed by atoms with Crippen molar-refractivity contribution in [2.75, 3.05) is 0 Å².